The molecule has 0 saturated heterocycles. The number of hydrogen-bond donors (Lipinski definition) is 2. The molecule has 106 valence electrons. The van der Waals surface area contributed by atoms with Gasteiger partial charge in [-0.3, -0.25) is 0 Å². The Kier molecular flexibility index (Phi) is 3.56. The summed E-state index contributed by atoms with van der Waals surface area (Å²) in [6.07, 6.45) is 4.88. The van der Waals surface area contributed by atoms with Crippen LogP contribution in [0.2, 0.25) is 0 Å². The third kappa shape index (κ3) is 2.75. The van der Waals surface area contributed by atoms with E-state index in [-0.39, 0.29) is 5.56 Å². The maximum absolute atomic E-state index is 10.7. The lowest BCUT2D eigenvalue weighted by Crippen LogP contribution is -2.12. The van der Waals surface area contributed by atoms with E-state index >= 15 is 0 Å². The quantitative estimate of drug-likeness (QED) is 0.842. The minimum atomic E-state index is -0.985. The van der Waals surface area contributed by atoms with Gasteiger partial charge in [0.25, 0.3) is 0 Å². The Morgan fingerprint density at radius 2 is 2.25 bits per heavy atom. The van der Waals surface area contributed by atoms with Gasteiger partial charge in [-0.1, -0.05) is 11.6 Å². The zero-order chi connectivity index (χ0) is 13.9. The van der Waals surface area contributed by atoms with Gasteiger partial charge in [-0.15, -0.1) is 0 Å². The van der Waals surface area contributed by atoms with Gasteiger partial charge in [0.05, 0.1) is 17.8 Å². The van der Waals surface area contributed by atoms with E-state index in [1.54, 1.807) is 0 Å². The zero-order valence-electron chi connectivity index (χ0n) is 11.0. The molecule has 1 aliphatic rings. The van der Waals surface area contributed by atoms with Gasteiger partial charge in [-0.05, 0) is 18.9 Å². The predicted octanol–water partition coefficient (Wildman–Crippen LogP) is 2.52. The molecule has 1 aliphatic carbocycles. The summed E-state index contributed by atoms with van der Waals surface area (Å²) in [6.45, 7) is 1.03. The first-order valence-electron chi connectivity index (χ1n) is 6.69. The van der Waals surface area contributed by atoms with Crippen LogP contribution in [0.25, 0.3) is 0 Å². The van der Waals surface area contributed by atoms with E-state index in [0.29, 0.717) is 24.8 Å². The summed E-state index contributed by atoms with van der Waals surface area (Å²) < 4.78 is 10.5. The first kappa shape index (κ1) is 12.9. The molecule has 0 unspecified atom stereocenters. The van der Waals surface area contributed by atoms with Gasteiger partial charge in [0, 0.05) is 18.5 Å². The molecule has 0 radical (unpaired) electrons. The van der Waals surface area contributed by atoms with E-state index < -0.39 is 5.97 Å². The number of carboxylic acids is 1. The highest BCUT2D eigenvalue weighted by atomic mass is 16.5. The predicted molar refractivity (Wildman–Crippen MR) is 69.3 cm³/mol. The molecular formula is C14H16N2O4. The molecule has 6 nitrogen and oxygen atoms in total. The Balaban J connectivity index is 1.49. The molecule has 1 fully saturated rings. The van der Waals surface area contributed by atoms with Gasteiger partial charge in [-0.25, -0.2) is 4.79 Å². The van der Waals surface area contributed by atoms with Crippen molar-refractivity contribution < 1.29 is 18.8 Å². The van der Waals surface area contributed by atoms with Crippen LogP contribution in [0.3, 0.4) is 0 Å². The van der Waals surface area contributed by atoms with Crippen LogP contribution in [-0.4, -0.2) is 16.2 Å². The average Bonchev–Trinajstić information content (AvgIpc) is 2.97. The van der Waals surface area contributed by atoms with Crippen LogP contribution < -0.4 is 5.32 Å². The van der Waals surface area contributed by atoms with Crippen LogP contribution in [0.15, 0.2) is 27.3 Å². The second-order valence-electron chi connectivity index (χ2n) is 5.06. The Bertz CT molecular complexity index is 598. The normalized spacial score (nSPS) is 15.2. The van der Waals surface area contributed by atoms with Crippen LogP contribution in [0.4, 0.5) is 0 Å². The molecule has 0 aliphatic heterocycles. The van der Waals surface area contributed by atoms with E-state index in [0.717, 1.165) is 11.5 Å². The molecule has 1 saturated carbocycles. The number of aromatic nitrogens is 1. The van der Waals surface area contributed by atoms with Crippen molar-refractivity contribution in [3.05, 3.63) is 41.2 Å². The molecule has 2 aromatic heterocycles. The van der Waals surface area contributed by atoms with Gasteiger partial charge in [-0.2, -0.15) is 0 Å². The van der Waals surface area contributed by atoms with Crippen molar-refractivity contribution >= 4 is 5.97 Å². The topological polar surface area (TPSA) is 88.5 Å². The Morgan fingerprint density at radius 3 is 2.90 bits per heavy atom. The van der Waals surface area contributed by atoms with Crippen molar-refractivity contribution in [1.29, 1.82) is 0 Å². The minimum Gasteiger partial charge on any atom is -0.478 e. The van der Waals surface area contributed by atoms with Gasteiger partial charge >= 0.3 is 5.97 Å². The van der Waals surface area contributed by atoms with E-state index in [1.807, 2.05) is 6.07 Å². The van der Waals surface area contributed by atoms with Crippen molar-refractivity contribution in [2.24, 2.45) is 0 Å². The van der Waals surface area contributed by atoms with Crippen molar-refractivity contribution in [2.75, 3.05) is 0 Å². The molecule has 0 spiro atoms. The summed E-state index contributed by atoms with van der Waals surface area (Å²) in [4.78, 5) is 10.7. The molecule has 2 N–H and O–H groups in total. The highest BCUT2D eigenvalue weighted by Crippen LogP contribution is 2.36. The van der Waals surface area contributed by atoms with Crippen molar-refractivity contribution in [2.45, 2.75) is 38.3 Å². The smallest absolute Gasteiger partial charge is 0.338 e. The highest BCUT2D eigenvalue weighted by molar-refractivity contribution is 5.87. The highest BCUT2D eigenvalue weighted by Gasteiger charge is 2.23. The molecular weight excluding hydrogens is 260 g/mol. The molecule has 3 rings (SSSR count). The third-order valence-electron chi connectivity index (χ3n) is 3.59. The molecule has 6 heteroatoms. The number of furan rings is 1. The second kappa shape index (κ2) is 5.50. The average molecular weight is 276 g/mol. The molecule has 20 heavy (non-hydrogen) atoms. The number of nitrogens with one attached hydrogen (secondary N) is 1. The molecule has 0 atom stereocenters. The van der Waals surface area contributed by atoms with E-state index in [4.69, 9.17) is 14.0 Å². The Morgan fingerprint density at radius 1 is 1.40 bits per heavy atom. The maximum atomic E-state index is 10.7. The van der Waals surface area contributed by atoms with Crippen LogP contribution >= 0.6 is 0 Å². The monoisotopic (exact) mass is 276 g/mol. The van der Waals surface area contributed by atoms with Crippen LogP contribution in [-0.2, 0) is 13.1 Å². The SMILES string of the molecule is O=C(O)c1coc(CNCc2cc(C3CCC3)on2)c1. The summed E-state index contributed by atoms with van der Waals surface area (Å²) in [5.74, 6) is 1.12. The number of nitrogens with zero attached hydrogens (tertiary/aromatic N) is 1. The van der Waals surface area contributed by atoms with Crippen LogP contribution in [0.1, 0.15) is 52.8 Å². The van der Waals surface area contributed by atoms with Crippen molar-refractivity contribution in [3.8, 4) is 0 Å². The minimum absolute atomic E-state index is 0.163. The maximum Gasteiger partial charge on any atom is 0.338 e. The van der Waals surface area contributed by atoms with Crippen LogP contribution in [0.5, 0.6) is 0 Å². The fraction of sp³-hybridized carbons (Fsp3) is 0.429. The van der Waals surface area contributed by atoms with Gasteiger partial charge in [0.1, 0.15) is 17.8 Å². The number of carboxylic acid groups (broad SMARTS) is 1. The summed E-state index contributed by atoms with van der Waals surface area (Å²) in [7, 11) is 0. The number of hydrogen-bond acceptors (Lipinski definition) is 5. The van der Waals surface area contributed by atoms with Crippen molar-refractivity contribution in [1.82, 2.24) is 10.5 Å². The van der Waals surface area contributed by atoms with Crippen molar-refractivity contribution in [3.63, 3.8) is 0 Å². The summed E-state index contributed by atoms with van der Waals surface area (Å²) in [5.41, 5.74) is 1.02. The van der Waals surface area contributed by atoms with E-state index in [1.165, 1.54) is 31.6 Å². The van der Waals surface area contributed by atoms with Gasteiger partial charge < -0.3 is 19.4 Å². The van der Waals surface area contributed by atoms with E-state index in [9.17, 15) is 4.79 Å². The first-order valence-corrected chi connectivity index (χ1v) is 6.69. The number of aromatic carboxylic acids is 1. The lowest BCUT2D eigenvalue weighted by atomic mass is 9.83. The Labute approximate surface area is 115 Å². The zero-order valence-corrected chi connectivity index (χ0v) is 11.0. The summed E-state index contributed by atoms with van der Waals surface area (Å²) >= 11 is 0. The van der Waals surface area contributed by atoms with E-state index in [2.05, 4.69) is 10.5 Å². The second-order valence-corrected chi connectivity index (χ2v) is 5.06. The molecule has 2 aromatic rings. The third-order valence-corrected chi connectivity index (χ3v) is 3.59. The van der Waals surface area contributed by atoms with Gasteiger partial charge in [0.2, 0.25) is 0 Å². The molecule has 2 heterocycles. The lowest BCUT2D eigenvalue weighted by molar-refractivity contribution is 0.0696. The fourth-order valence-electron chi connectivity index (χ4n) is 2.20. The molecule has 0 bridgehead atoms. The lowest BCUT2D eigenvalue weighted by Gasteiger charge is -2.21. The van der Waals surface area contributed by atoms with Gasteiger partial charge in [0.15, 0.2) is 0 Å². The van der Waals surface area contributed by atoms with Crippen LogP contribution in [0, 0.1) is 0 Å². The number of rotatable bonds is 6. The largest absolute Gasteiger partial charge is 0.478 e. The Hall–Kier alpha value is -2.08. The first-order chi connectivity index (χ1) is 9.72. The summed E-state index contributed by atoms with van der Waals surface area (Å²) in [5, 5.41) is 16.0. The molecule has 0 aromatic carbocycles. The standard InChI is InChI=1S/C14H16N2O4/c17-14(18)10-4-12(19-8-10)7-15-6-11-5-13(20-16-11)9-2-1-3-9/h4-5,8-9,15H,1-3,6-7H2,(H,17,18). The fourth-order valence-corrected chi connectivity index (χ4v) is 2.20. The molecule has 0 amide bonds. The summed E-state index contributed by atoms with van der Waals surface area (Å²) in [6, 6.07) is 3.50. The number of carbonyl (C=O) groups is 1.